The van der Waals surface area contributed by atoms with E-state index in [0.29, 0.717) is 0 Å². The lowest BCUT2D eigenvalue weighted by Gasteiger charge is -2.22. The highest BCUT2D eigenvalue weighted by atomic mass is 35.5. The Morgan fingerprint density at radius 3 is 1.93 bits per heavy atom. The molecule has 0 amide bonds. The van der Waals surface area contributed by atoms with Crippen molar-refractivity contribution in [3.05, 3.63) is 58.6 Å². The molecule has 2 aromatic carbocycles. The first kappa shape index (κ1) is 20.6. The van der Waals surface area contributed by atoms with Crippen molar-refractivity contribution in [3.63, 3.8) is 0 Å². The van der Waals surface area contributed by atoms with Crippen molar-refractivity contribution >= 4 is 43.2 Å². The first-order chi connectivity index (χ1) is 12.7. The molecule has 1 saturated carbocycles. The van der Waals surface area contributed by atoms with Crippen LogP contribution in [0.3, 0.4) is 0 Å². The van der Waals surface area contributed by atoms with Crippen LogP contribution < -0.4 is 4.72 Å². The van der Waals surface area contributed by atoms with E-state index in [2.05, 4.69) is 4.72 Å². The molecule has 1 N–H and O–H groups in total. The lowest BCUT2D eigenvalue weighted by Crippen LogP contribution is -2.40. The van der Waals surface area contributed by atoms with E-state index in [-0.39, 0.29) is 39.0 Å². The van der Waals surface area contributed by atoms with Crippen LogP contribution in [0.15, 0.2) is 58.3 Å². The fraction of sp³-hybridized carbons (Fsp3) is 0.294. The standard InChI is InChI=1S/C17H18Cl2N2O4S2/c18-14-5-1-3-7-16(14)26(22,23)20-11-12-21(13-9-10-13)27(24,25)17-8-4-2-6-15(17)19/h1-8,13,20H,9-12H2. The van der Waals surface area contributed by atoms with E-state index >= 15 is 0 Å². The fourth-order valence-electron chi connectivity index (χ4n) is 2.67. The SMILES string of the molecule is O=S(=O)(NCCN(C1CC1)S(=O)(=O)c1ccccc1Cl)c1ccccc1Cl. The van der Waals surface area contributed by atoms with Crippen molar-refractivity contribution in [1.82, 2.24) is 9.03 Å². The summed E-state index contributed by atoms with van der Waals surface area (Å²) in [6.45, 7) is -0.0738. The molecule has 2 aromatic rings. The Labute approximate surface area is 169 Å². The average molecular weight is 449 g/mol. The van der Waals surface area contributed by atoms with Gasteiger partial charge in [0, 0.05) is 19.1 Å². The van der Waals surface area contributed by atoms with Crippen LogP contribution in [0, 0.1) is 0 Å². The van der Waals surface area contributed by atoms with Crippen LogP contribution in [0.4, 0.5) is 0 Å². The monoisotopic (exact) mass is 448 g/mol. The third kappa shape index (κ3) is 4.64. The molecule has 0 spiro atoms. The Hall–Kier alpha value is -1.16. The molecule has 1 aliphatic carbocycles. The molecule has 0 radical (unpaired) electrons. The van der Waals surface area contributed by atoms with Gasteiger partial charge < -0.3 is 0 Å². The molecule has 10 heteroatoms. The van der Waals surface area contributed by atoms with E-state index in [9.17, 15) is 16.8 Å². The van der Waals surface area contributed by atoms with Crippen LogP contribution in [0.1, 0.15) is 12.8 Å². The molecule has 0 aromatic heterocycles. The van der Waals surface area contributed by atoms with Crippen molar-refractivity contribution < 1.29 is 16.8 Å². The second kappa shape index (κ2) is 8.06. The van der Waals surface area contributed by atoms with E-state index in [1.165, 1.54) is 28.6 Å². The summed E-state index contributed by atoms with van der Waals surface area (Å²) in [6.07, 6.45) is 1.47. The van der Waals surface area contributed by atoms with Gasteiger partial charge in [-0.25, -0.2) is 21.6 Å². The average Bonchev–Trinajstić information content (AvgIpc) is 3.43. The molecule has 0 unspecified atom stereocenters. The second-order valence-corrected chi connectivity index (χ2v) is 10.5. The molecule has 0 saturated heterocycles. The number of rotatable bonds is 8. The maximum atomic E-state index is 13.0. The van der Waals surface area contributed by atoms with Gasteiger partial charge in [-0.05, 0) is 37.1 Å². The minimum atomic E-state index is -3.84. The van der Waals surface area contributed by atoms with Gasteiger partial charge in [0.05, 0.1) is 10.0 Å². The summed E-state index contributed by atoms with van der Waals surface area (Å²) in [4.78, 5) is -0.0221. The van der Waals surface area contributed by atoms with Gasteiger partial charge in [-0.1, -0.05) is 47.5 Å². The second-order valence-electron chi connectivity index (χ2n) is 6.11. The summed E-state index contributed by atoms with van der Waals surface area (Å²) in [5.74, 6) is 0. The molecule has 1 fully saturated rings. The summed E-state index contributed by atoms with van der Waals surface area (Å²) in [6, 6.07) is 12.1. The molecule has 0 atom stereocenters. The van der Waals surface area contributed by atoms with Crippen molar-refractivity contribution in [2.45, 2.75) is 28.7 Å². The van der Waals surface area contributed by atoms with Crippen LogP contribution in [0.25, 0.3) is 0 Å². The summed E-state index contributed by atoms with van der Waals surface area (Å²) in [5, 5.41) is 0.243. The zero-order chi connectivity index (χ0) is 19.7. The normalized spacial score (nSPS) is 15.2. The number of benzene rings is 2. The maximum absolute atomic E-state index is 13.0. The molecule has 0 aliphatic heterocycles. The Kier molecular flexibility index (Phi) is 6.14. The first-order valence-electron chi connectivity index (χ1n) is 8.24. The van der Waals surface area contributed by atoms with Crippen LogP contribution in [0.5, 0.6) is 0 Å². The van der Waals surface area contributed by atoms with Crippen molar-refractivity contribution in [3.8, 4) is 0 Å². The molecule has 0 heterocycles. The van der Waals surface area contributed by atoms with Crippen molar-refractivity contribution in [2.24, 2.45) is 0 Å². The predicted octanol–water partition coefficient (Wildman–Crippen LogP) is 3.13. The minimum absolute atomic E-state index is 0.00189. The number of sulfonamides is 2. The van der Waals surface area contributed by atoms with Crippen molar-refractivity contribution in [2.75, 3.05) is 13.1 Å². The topological polar surface area (TPSA) is 83.6 Å². The fourth-order valence-corrected chi connectivity index (χ4v) is 6.39. The molecule has 0 bridgehead atoms. The van der Waals surface area contributed by atoms with E-state index in [1.54, 1.807) is 24.3 Å². The van der Waals surface area contributed by atoms with Crippen molar-refractivity contribution in [1.29, 1.82) is 0 Å². The highest BCUT2D eigenvalue weighted by Crippen LogP contribution is 2.33. The summed E-state index contributed by atoms with van der Waals surface area (Å²) < 4.78 is 54.5. The Balaban J connectivity index is 1.75. The lowest BCUT2D eigenvalue weighted by molar-refractivity contribution is 0.406. The molecule has 1 aliphatic rings. The molecule has 146 valence electrons. The highest BCUT2D eigenvalue weighted by Gasteiger charge is 2.38. The smallest absolute Gasteiger partial charge is 0.210 e. The van der Waals surface area contributed by atoms with E-state index in [0.717, 1.165) is 12.8 Å². The summed E-state index contributed by atoms with van der Waals surface area (Å²) in [5.41, 5.74) is 0. The first-order valence-corrected chi connectivity index (χ1v) is 11.9. The van der Waals surface area contributed by atoms with Gasteiger partial charge in [0.2, 0.25) is 20.0 Å². The molecule has 6 nitrogen and oxygen atoms in total. The number of nitrogens with one attached hydrogen (secondary N) is 1. The quantitative estimate of drug-likeness (QED) is 0.671. The largest absolute Gasteiger partial charge is 0.244 e. The third-order valence-corrected chi connectivity index (χ3v) is 8.54. The Bertz CT molecular complexity index is 1040. The van der Waals surface area contributed by atoms with Crippen LogP contribution in [-0.4, -0.2) is 40.3 Å². The van der Waals surface area contributed by atoms with E-state index < -0.39 is 20.0 Å². The van der Waals surface area contributed by atoms with Crippen LogP contribution >= 0.6 is 23.2 Å². The number of hydrogen-bond donors (Lipinski definition) is 1. The molecule has 27 heavy (non-hydrogen) atoms. The number of hydrogen-bond acceptors (Lipinski definition) is 4. The number of halogens is 2. The summed E-state index contributed by atoms with van der Waals surface area (Å²) in [7, 11) is -7.66. The molecular formula is C17H18Cl2N2O4S2. The highest BCUT2D eigenvalue weighted by molar-refractivity contribution is 7.89. The Morgan fingerprint density at radius 1 is 0.889 bits per heavy atom. The molecular weight excluding hydrogens is 431 g/mol. The summed E-state index contributed by atoms with van der Waals surface area (Å²) >= 11 is 12.0. The van der Waals surface area contributed by atoms with Crippen LogP contribution in [0.2, 0.25) is 10.0 Å². The van der Waals surface area contributed by atoms with Gasteiger partial charge in [-0.15, -0.1) is 0 Å². The third-order valence-electron chi connectivity index (χ3n) is 4.13. The minimum Gasteiger partial charge on any atom is -0.210 e. The zero-order valence-electron chi connectivity index (χ0n) is 14.2. The predicted molar refractivity (Wildman–Crippen MR) is 105 cm³/mol. The molecule has 3 rings (SSSR count). The van der Waals surface area contributed by atoms with E-state index in [1.807, 2.05) is 0 Å². The van der Waals surface area contributed by atoms with Crippen LogP contribution in [-0.2, 0) is 20.0 Å². The van der Waals surface area contributed by atoms with Gasteiger partial charge in [-0.3, -0.25) is 0 Å². The van der Waals surface area contributed by atoms with Gasteiger partial charge in [0.15, 0.2) is 0 Å². The zero-order valence-corrected chi connectivity index (χ0v) is 17.3. The number of nitrogens with zero attached hydrogens (tertiary/aromatic N) is 1. The van der Waals surface area contributed by atoms with E-state index in [4.69, 9.17) is 23.2 Å². The van der Waals surface area contributed by atoms with Gasteiger partial charge in [-0.2, -0.15) is 4.31 Å². The lowest BCUT2D eigenvalue weighted by atomic mass is 10.4. The maximum Gasteiger partial charge on any atom is 0.244 e. The van der Waals surface area contributed by atoms with Gasteiger partial charge >= 0.3 is 0 Å². The Morgan fingerprint density at radius 2 is 1.41 bits per heavy atom. The van der Waals surface area contributed by atoms with Gasteiger partial charge in [0.1, 0.15) is 9.79 Å². The van der Waals surface area contributed by atoms with Gasteiger partial charge in [0.25, 0.3) is 0 Å².